The van der Waals surface area contributed by atoms with Crippen molar-refractivity contribution >= 4 is 23.1 Å². The van der Waals surface area contributed by atoms with Crippen molar-refractivity contribution < 1.29 is 4.39 Å². The summed E-state index contributed by atoms with van der Waals surface area (Å²) >= 11 is 5.96. The lowest BCUT2D eigenvalue weighted by Gasteiger charge is -2.10. The van der Waals surface area contributed by atoms with Gasteiger partial charge >= 0.3 is 0 Å². The summed E-state index contributed by atoms with van der Waals surface area (Å²) in [5, 5.41) is 3.46. The molecule has 1 aromatic heterocycles. The highest BCUT2D eigenvalue weighted by molar-refractivity contribution is 6.29. The van der Waals surface area contributed by atoms with E-state index in [-0.39, 0.29) is 5.82 Å². The van der Waals surface area contributed by atoms with Crippen LogP contribution in [0.5, 0.6) is 0 Å². The third kappa shape index (κ3) is 3.64. The van der Waals surface area contributed by atoms with E-state index in [1.165, 1.54) is 12.1 Å². The van der Waals surface area contributed by atoms with Gasteiger partial charge in [0, 0.05) is 18.2 Å². The summed E-state index contributed by atoms with van der Waals surface area (Å²) in [5.74, 6) is 0.978. The Bertz CT molecular complexity index is 587. The first-order valence-corrected chi connectivity index (χ1v) is 6.53. The lowest BCUT2D eigenvalue weighted by molar-refractivity contribution is 0.628. The number of hydrogen-bond acceptors (Lipinski definition) is 3. The van der Waals surface area contributed by atoms with Crippen molar-refractivity contribution in [1.82, 2.24) is 9.97 Å². The van der Waals surface area contributed by atoms with Gasteiger partial charge in [-0.2, -0.15) is 0 Å². The first-order chi connectivity index (χ1) is 9.08. The minimum absolute atomic E-state index is 0.290. The van der Waals surface area contributed by atoms with E-state index in [2.05, 4.69) is 15.3 Å². The molecule has 19 heavy (non-hydrogen) atoms. The molecular weight excluding hydrogens is 265 g/mol. The monoisotopic (exact) mass is 279 g/mol. The Labute approximate surface area is 116 Å². The maximum atomic E-state index is 13.2. The van der Waals surface area contributed by atoms with Crippen molar-refractivity contribution in [2.75, 3.05) is 5.32 Å². The lowest BCUT2D eigenvalue weighted by atomic mass is 10.2. The fourth-order valence-corrected chi connectivity index (χ4v) is 1.93. The van der Waals surface area contributed by atoms with E-state index in [4.69, 9.17) is 11.6 Å². The number of anilines is 2. The Morgan fingerprint density at radius 1 is 1.26 bits per heavy atom. The van der Waals surface area contributed by atoms with Crippen LogP contribution in [0.1, 0.15) is 24.7 Å². The maximum Gasteiger partial charge on any atom is 0.135 e. The van der Waals surface area contributed by atoms with Crippen LogP contribution in [-0.4, -0.2) is 9.97 Å². The maximum absolute atomic E-state index is 13.2. The van der Waals surface area contributed by atoms with Gasteiger partial charge in [-0.15, -0.1) is 0 Å². The smallest absolute Gasteiger partial charge is 0.135 e. The topological polar surface area (TPSA) is 37.8 Å². The Hall–Kier alpha value is -1.68. The Balaban J connectivity index is 2.29. The highest BCUT2D eigenvalue weighted by atomic mass is 35.5. The van der Waals surface area contributed by atoms with Gasteiger partial charge in [0.1, 0.15) is 22.6 Å². The number of nitrogens with zero attached hydrogens (tertiary/aromatic N) is 2. The van der Waals surface area contributed by atoms with Crippen LogP contribution in [0.15, 0.2) is 24.3 Å². The second kappa shape index (κ2) is 5.97. The summed E-state index contributed by atoms with van der Waals surface area (Å²) in [6.45, 7) is 3.95. The third-order valence-corrected chi connectivity index (χ3v) is 2.87. The molecule has 0 aliphatic rings. The number of hydrogen-bond donors (Lipinski definition) is 1. The van der Waals surface area contributed by atoms with E-state index in [1.807, 2.05) is 13.8 Å². The normalized spacial score (nSPS) is 10.5. The van der Waals surface area contributed by atoms with E-state index in [0.717, 1.165) is 18.4 Å². The summed E-state index contributed by atoms with van der Waals surface area (Å²) in [7, 11) is 0. The summed E-state index contributed by atoms with van der Waals surface area (Å²) in [5.41, 5.74) is 1.62. The molecular formula is C14H15ClFN3. The van der Waals surface area contributed by atoms with Gasteiger partial charge in [0.05, 0.1) is 0 Å². The van der Waals surface area contributed by atoms with Crippen LogP contribution in [0.25, 0.3) is 0 Å². The van der Waals surface area contributed by atoms with Gasteiger partial charge in [-0.25, -0.2) is 14.4 Å². The molecule has 3 nitrogen and oxygen atoms in total. The molecule has 100 valence electrons. The second-order valence-electron chi connectivity index (χ2n) is 4.33. The third-order valence-electron chi connectivity index (χ3n) is 2.68. The van der Waals surface area contributed by atoms with Gasteiger partial charge in [-0.05, 0) is 31.0 Å². The van der Waals surface area contributed by atoms with Gasteiger partial charge in [-0.3, -0.25) is 0 Å². The SMILES string of the molecule is CCCc1nc(Cl)cc(Nc2cc(F)ccc2C)n1. The minimum atomic E-state index is -0.290. The fraction of sp³-hybridized carbons (Fsp3) is 0.286. The average molecular weight is 280 g/mol. The van der Waals surface area contributed by atoms with Crippen molar-refractivity contribution in [1.29, 1.82) is 0 Å². The van der Waals surface area contributed by atoms with Gasteiger partial charge in [0.25, 0.3) is 0 Å². The first kappa shape index (κ1) is 13.7. The molecule has 0 spiro atoms. The van der Waals surface area contributed by atoms with Crippen LogP contribution in [0.2, 0.25) is 5.15 Å². The zero-order valence-corrected chi connectivity index (χ0v) is 11.6. The molecule has 0 aliphatic heterocycles. The number of halogens is 2. The van der Waals surface area contributed by atoms with Crippen LogP contribution in [0.4, 0.5) is 15.9 Å². The quantitative estimate of drug-likeness (QED) is 0.849. The van der Waals surface area contributed by atoms with Crippen molar-refractivity contribution in [3.63, 3.8) is 0 Å². The molecule has 0 aliphatic carbocycles. The molecule has 5 heteroatoms. The molecule has 0 radical (unpaired) electrons. The van der Waals surface area contributed by atoms with E-state index in [0.29, 0.717) is 22.5 Å². The molecule has 0 saturated heterocycles. The van der Waals surface area contributed by atoms with Crippen molar-refractivity contribution in [2.24, 2.45) is 0 Å². The fourth-order valence-electron chi connectivity index (χ4n) is 1.73. The Morgan fingerprint density at radius 3 is 2.79 bits per heavy atom. The molecule has 2 rings (SSSR count). The van der Waals surface area contributed by atoms with Gasteiger partial charge < -0.3 is 5.32 Å². The predicted molar refractivity (Wildman–Crippen MR) is 75.5 cm³/mol. The number of nitrogens with one attached hydrogen (secondary N) is 1. The number of aromatic nitrogens is 2. The summed E-state index contributed by atoms with van der Waals surface area (Å²) in [6.07, 6.45) is 1.70. The van der Waals surface area contributed by atoms with Crippen molar-refractivity contribution in [2.45, 2.75) is 26.7 Å². The van der Waals surface area contributed by atoms with E-state index >= 15 is 0 Å². The molecule has 2 aromatic rings. The minimum Gasteiger partial charge on any atom is -0.340 e. The molecule has 0 saturated carbocycles. The largest absolute Gasteiger partial charge is 0.340 e. The zero-order chi connectivity index (χ0) is 13.8. The zero-order valence-electron chi connectivity index (χ0n) is 10.9. The van der Waals surface area contributed by atoms with E-state index in [9.17, 15) is 4.39 Å². The molecule has 0 bridgehead atoms. The van der Waals surface area contributed by atoms with Crippen LogP contribution < -0.4 is 5.32 Å². The molecule has 0 amide bonds. The highest BCUT2D eigenvalue weighted by Crippen LogP contribution is 2.22. The van der Waals surface area contributed by atoms with Crippen LogP contribution in [0, 0.1) is 12.7 Å². The standard InChI is InChI=1S/C14H15ClFN3/c1-3-4-13-18-12(15)8-14(19-13)17-11-7-10(16)6-5-9(11)2/h5-8H,3-4H2,1-2H3,(H,17,18,19). The predicted octanol–water partition coefficient (Wildman–Crippen LogP) is 4.27. The molecule has 0 atom stereocenters. The molecule has 1 N–H and O–H groups in total. The van der Waals surface area contributed by atoms with E-state index in [1.54, 1.807) is 12.1 Å². The van der Waals surface area contributed by atoms with Crippen LogP contribution in [0.3, 0.4) is 0 Å². The summed E-state index contributed by atoms with van der Waals surface area (Å²) in [6, 6.07) is 6.21. The van der Waals surface area contributed by atoms with Gasteiger partial charge in [0.2, 0.25) is 0 Å². The van der Waals surface area contributed by atoms with Crippen molar-refractivity contribution in [3.8, 4) is 0 Å². The molecule has 0 fully saturated rings. The van der Waals surface area contributed by atoms with Crippen molar-refractivity contribution in [3.05, 3.63) is 46.6 Å². The Morgan fingerprint density at radius 2 is 2.05 bits per heavy atom. The van der Waals surface area contributed by atoms with Gasteiger partial charge in [0.15, 0.2) is 0 Å². The Kier molecular flexibility index (Phi) is 4.32. The van der Waals surface area contributed by atoms with Crippen LogP contribution >= 0.6 is 11.6 Å². The number of benzene rings is 1. The lowest BCUT2D eigenvalue weighted by Crippen LogP contribution is -2.01. The molecule has 0 unspecified atom stereocenters. The average Bonchev–Trinajstić information content (AvgIpc) is 2.33. The first-order valence-electron chi connectivity index (χ1n) is 6.15. The van der Waals surface area contributed by atoms with Crippen LogP contribution in [-0.2, 0) is 6.42 Å². The summed E-state index contributed by atoms with van der Waals surface area (Å²) in [4.78, 5) is 8.51. The summed E-state index contributed by atoms with van der Waals surface area (Å²) < 4.78 is 13.2. The number of aryl methyl sites for hydroxylation is 2. The molecule has 1 heterocycles. The van der Waals surface area contributed by atoms with E-state index < -0.39 is 0 Å². The molecule has 1 aromatic carbocycles. The second-order valence-corrected chi connectivity index (χ2v) is 4.71. The van der Waals surface area contributed by atoms with Gasteiger partial charge in [-0.1, -0.05) is 24.6 Å². The number of rotatable bonds is 4. The highest BCUT2D eigenvalue weighted by Gasteiger charge is 2.05.